The number of para-hydroxylation sites is 1. The van der Waals surface area contributed by atoms with Crippen molar-refractivity contribution in [1.29, 1.82) is 0 Å². The molecule has 0 bridgehead atoms. The van der Waals surface area contributed by atoms with Crippen LogP contribution in [0.4, 0.5) is 0 Å². The summed E-state index contributed by atoms with van der Waals surface area (Å²) in [6.45, 7) is 3.26. The van der Waals surface area contributed by atoms with Crippen molar-refractivity contribution in [3.63, 3.8) is 0 Å². The average molecular weight is 265 g/mol. The van der Waals surface area contributed by atoms with E-state index in [9.17, 15) is 4.79 Å². The van der Waals surface area contributed by atoms with Gasteiger partial charge in [-0.3, -0.25) is 4.79 Å². The van der Waals surface area contributed by atoms with Gasteiger partial charge in [-0.1, -0.05) is 12.1 Å². The van der Waals surface area contributed by atoms with Crippen LogP contribution < -0.4 is 10.1 Å². The van der Waals surface area contributed by atoms with Gasteiger partial charge in [0, 0.05) is 6.54 Å². The number of benzene rings is 1. The molecule has 3 nitrogen and oxygen atoms in total. The van der Waals surface area contributed by atoms with Gasteiger partial charge in [-0.05, 0) is 42.9 Å². The zero-order valence-corrected chi connectivity index (χ0v) is 11.5. The van der Waals surface area contributed by atoms with Crippen molar-refractivity contribution >= 4 is 17.7 Å². The summed E-state index contributed by atoms with van der Waals surface area (Å²) in [6, 6.07) is 7.39. The number of hydrogen-bond donors (Lipinski definition) is 1. The van der Waals surface area contributed by atoms with Gasteiger partial charge in [-0.25, -0.2) is 0 Å². The predicted octanol–water partition coefficient (Wildman–Crippen LogP) is 2.57. The summed E-state index contributed by atoms with van der Waals surface area (Å²) < 4.78 is 5.46. The zero-order valence-electron chi connectivity index (χ0n) is 10.6. The average Bonchev–Trinajstić information content (AvgIpc) is 2.90. The lowest BCUT2D eigenvalue weighted by Crippen LogP contribution is -2.29. The monoisotopic (exact) mass is 265 g/mol. The summed E-state index contributed by atoms with van der Waals surface area (Å²) in [5.74, 6) is 3.64. The minimum absolute atomic E-state index is 0.0315. The second-order valence-electron chi connectivity index (χ2n) is 4.37. The first kappa shape index (κ1) is 13.3. The van der Waals surface area contributed by atoms with E-state index in [0.717, 1.165) is 12.3 Å². The Balaban J connectivity index is 1.94. The van der Waals surface area contributed by atoms with Gasteiger partial charge in [0.05, 0.1) is 12.2 Å². The van der Waals surface area contributed by atoms with E-state index in [2.05, 4.69) is 5.32 Å². The minimum Gasteiger partial charge on any atom is -0.493 e. The number of hydrogen-bond acceptors (Lipinski definition) is 3. The first-order chi connectivity index (χ1) is 8.81. The van der Waals surface area contributed by atoms with Gasteiger partial charge in [-0.2, -0.15) is 11.8 Å². The van der Waals surface area contributed by atoms with E-state index in [1.807, 2.05) is 43.0 Å². The van der Waals surface area contributed by atoms with Crippen LogP contribution in [-0.4, -0.2) is 30.6 Å². The SMILES string of the molecule is CCOc1ccccc1C(=O)NC[C@H]1CCSC1. The Kier molecular flexibility index (Phi) is 4.93. The Morgan fingerprint density at radius 2 is 2.33 bits per heavy atom. The van der Waals surface area contributed by atoms with E-state index in [4.69, 9.17) is 4.74 Å². The summed E-state index contributed by atoms with van der Waals surface area (Å²) in [5.41, 5.74) is 0.630. The fourth-order valence-electron chi connectivity index (χ4n) is 2.01. The second-order valence-corrected chi connectivity index (χ2v) is 5.52. The molecule has 1 amide bonds. The van der Waals surface area contributed by atoms with Crippen molar-refractivity contribution in [2.24, 2.45) is 5.92 Å². The van der Waals surface area contributed by atoms with Crippen LogP contribution in [-0.2, 0) is 0 Å². The van der Waals surface area contributed by atoms with Crippen molar-refractivity contribution in [3.05, 3.63) is 29.8 Å². The van der Waals surface area contributed by atoms with Crippen molar-refractivity contribution in [2.45, 2.75) is 13.3 Å². The summed E-state index contributed by atoms with van der Waals surface area (Å²) in [4.78, 5) is 12.1. The number of carbonyl (C=O) groups is 1. The fourth-order valence-corrected chi connectivity index (χ4v) is 3.30. The van der Waals surface area contributed by atoms with Crippen LogP contribution in [0.2, 0.25) is 0 Å². The van der Waals surface area contributed by atoms with E-state index in [1.54, 1.807) is 0 Å². The van der Waals surface area contributed by atoms with Crippen LogP contribution in [0, 0.1) is 5.92 Å². The van der Waals surface area contributed by atoms with Crippen molar-refractivity contribution in [2.75, 3.05) is 24.7 Å². The standard InChI is InChI=1S/C14H19NO2S/c1-2-17-13-6-4-3-5-12(13)14(16)15-9-11-7-8-18-10-11/h3-6,11H,2,7-10H2,1H3,(H,15,16)/t11-/m1/s1. The second kappa shape index (κ2) is 6.69. The van der Waals surface area contributed by atoms with Crippen LogP contribution in [0.25, 0.3) is 0 Å². The molecular formula is C14H19NO2S. The van der Waals surface area contributed by atoms with E-state index >= 15 is 0 Å². The molecule has 0 aliphatic carbocycles. The van der Waals surface area contributed by atoms with Gasteiger partial charge in [-0.15, -0.1) is 0 Å². The summed E-state index contributed by atoms with van der Waals surface area (Å²) in [5, 5.41) is 3.01. The van der Waals surface area contributed by atoms with Crippen molar-refractivity contribution in [3.8, 4) is 5.75 Å². The summed E-state index contributed by atoms with van der Waals surface area (Å²) in [7, 11) is 0. The number of nitrogens with one attached hydrogen (secondary N) is 1. The van der Waals surface area contributed by atoms with E-state index in [-0.39, 0.29) is 5.91 Å². The van der Waals surface area contributed by atoms with Gasteiger partial charge in [0.25, 0.3) is 5.91 Å². The molecule has 1 aromatic carbocycles. The summed E-state index contributed by atoms with van der Waals surface area (Å²) in [6.07, 6.45) is 1.21. The third kappa shape index (κ3) is 3.42. The Morgan fingerprint density at radius 1 is 1.50 bits per heavy atom. The molecule has 1 atom stereocenters. The highest BCUT2D eigenvalue weighted by molar-refractivity contribution is 7.99. The molecule has 1 saturated heterocycles. The number of rotatable bonds is 5. The van der Waals surface area contributed by atoms with E-state index < -0.39 is 0 Å². The van der Waals surface area contributed by atoms with Crippen LogP contribution in [0.5, 0.6) is 5.75 Å². The molecule has 1 aliphatic heterocycles. The number of amides is 1. The topological polar surface area (TPSA) is 38.3 Å². The Morgan fingerprint density at radius 3 is 3.06 bits per heavy atom. The molecule has 0 radical (unpaired) electrons. The molecule has 1 N–H and O–H groups in total. The third-order valence-corrected chi connectivity index (χ3v) is 4.24. The first-order valence-electron chi connectivity index (χ1n) is 6.39. The van der Waals surface area contributed by atoms with Crippen LogP contribution in [0.1, 0.15) is 23.7 Å². The quantitative estimate of drug-likeness (QED) is 0.889. The molecule has 1 aromatic rings. The first-order valence-corrected chi connectivity index (χ1v) is 7.54. The number of carbonyl (C=O) groups excluding carboxylic acids is 1. The van der Waals surface area contributed by atoms with Crippen LogP contribution in [0.3, 0.4) is 0 Å². The maximum atomic E-state index is 12.1. The third-order valence-electron chi connectivity index (χ3n) is 3.01. The number of thioether (sulfide) groups is 1. The van der Waals surface area contributed by atoms with Crippen molar-refractivity contribution < 1.29 is 9.53 Å². The zero-order chi connectivity index (χ0) is 12.8. The maximum absolute atomic E-state index is 12.1. The van der Waals surface area contributed by atoms with Crippen LogP contribution >= 0.6 is 11.8 Å². The molecule has 0 spiro atoms. The van der Waals surface area contributed by atoms with Gasteiger partial charge in [0.15, 0.2) is 0 Å². The van der Waals surface area contributed by atoms with E-state index in [1.165, 1.54) is 12.2 Å². The Bertz CT molecular complexity index is 403. The van der Waals surface area contributed by atoms with Gasteiger partial charge >= 0.3 is 0 Å². The molecule has 1 fully saturated rings. The molecule has 0 aromatic heterocycles. The number of ether oxygens (including phenoxy) is 1. The highest BCUT2D eigenvalue weighted by Crippen LogP contribution is 2.23. The lowest BCUT2D eigenvalue weighted by Gasteiger charge is -2.12. The highest BCUT2D eigenvalue weighted by Gasteiger charge is 2.17. The van der Waals surface area contributed by atoms with E-state index in [0.29, 0.717) is 23.8 Å². The highest BCUT2D eigenvalue weighted by atomic mass is 32.2. The molecule has 18 heavy (non-hydrogen) atoms. The smallest absolute Gasteiger partial charge is 0.255 e. The van der Waals surface area contributed by atoms with Gasteiger partial charge in [0.1, 0.15) is 5.75 Å². The predicted molar refractivity (Wildman–Crippen MR) is 75.4 cm³/mol. The minimum atomic E-state index is -0.0315. The van der Waals surface area contributed by atoms with Gasteiger partial charge in [0.2, 0.25) is 0 Å². The maximum Gasteiger partial charge on any atom is 0.255 e. The molecule has 0 unspecified atom stereocenters. The van der Waals surface area contributed by atoms with Gasteiger partial charge < -0.3 is 10.1 Å². The largest absolute Gasteiger partial charge is 0.493 e. The molecular weight excluding hydrogens is 246 g/mol. The molecule has 2 rings (SSSR count). The molecule has 1 heterocycles. The Hall–Kier alpha value is -1.16. The summed E-state index contributed by atoms with van der Waals surface area (Å²) >= 11 is 1.96. The molecule has 0 saturated carbocycles. The Labute approximate surface area is 112 Å². The van der Waals surface area contributed by atoms with Crippen molar-refractivity contribution in [1.82, 2.24) is 5.32 Å². The molecule has 1 aliphatic rings. The molecule has 98 valence electrons. The lowest BCUT2D eigenvalue weighted by molar-refractivity contribution is 0.0944. The molecule has 4 heteroatoms. The van der Waals surface area contributed by atoms with Crippen LogP contribution in [0.15, 0.2) is 24.3 Å². The fraction of sp³-hybridized carbons (Fsp3) is 0.500. The normalized spacial score (nSPS) is 18.6. The lowest BCUT2D eigenvalue weighted by atomic mass is 10.1.